The number of amides is 1. The van der Waals surface area contributed by atoms with Crippen LogP contribution in [0.3, 0.4) is 0 Å². The third kappa shape index (κ3) is 4.35. The molecule has 1 amide bonds. The molecule has 0 atom stereocenters. The van der Waals surface area contributed by atoms with Crippen molar-refractivity contribution in [3.8, 4) is 10.6 Å². The molecule has 10 nitrogen and oxygen atoms in total. The summed E-state index contributed by atoms with van der Waals surface area (Å²) in [5, 5.41) is 14.0. The lowest BCUT2D eigenvalue weighted by atomic mass is 10.1. The Labute approximate surface area is 204 Å². The van der Waals surface area contributed by atoms with Crippen molar-refractivity contribution < 1.29 is 9.90 Å². The van der Waals surface area contributed by atoms with Gasteiger partial charge in [0.15, 0.2) is 0 Å². The van der Waals surface area contributed by atoms with E-state index in [1.807, 2.05) is 22.8 Å². The van der Waals surface area contributed by atoms with Gasteiger partial charge in [0.2, 0.25) is 5.95 Å². The second-order valence-corrected chi connectivity index (χ2v) is 10.1. The molecular formula is C24H25N7O3S. The number of nitrogens with one attached hydrogen (secondary N) is 2. The molecule has 1 aromatic carbocycles. The zero-order valence-corrected chi connectivity index (χ0v) is 20.6. The van der Waals surface area contributed by atoms with Crippen LogP contribution in [-0.4, -0.2) is 45.7 Å². The molecule has 4 heterocycles. The van der Waals surface area contributed by atoms with Crippen molar-refractivity contribution in [2.45, 2.75) is 39.3 Å². The number of hydrogen-bond donors (Lipinski definition) is 3. The molecule has 0 aliphatic heterocycles. The summed E-state index contributed by atoms with van der Waals surface area (Å²) in [6.07, 6.45) is 3.82. The molecule has 0 bridgehead atoms. The van der Waals surface area contributed by atoms with Gasteiger partial charge in [-0.2, -0.15) is 0 Å². The number of fused-ring (bicyclic) bond motifs is 2. The fourth-order valence-electron chi connectivity index (χ4n) is 3.94. The molecule has 5 aromatic rings. The molecule has 0 fully saturated rings. The van der Waals surface area contributed by atoms with Crippen molar-refractivity contribution in [1.29, 1.82) is 0 Å². The highest BCUT2D eigenvalue weighted by Crippen LogP contribution is 2.30. The standard InChI is InChI=1S/C24H25N7O3S/c1-13-19(35-21(26-13)14-5-8-25-9-6-14)20(32)29-22-27-16-11-15-17(30(4)23(33)28-15)12-18(16)31(22)10-7-24(2,3)34/h5-6,8-9,11-12,34H,7,10H2,1-4H3,(H,28,33)(H,27,29,32). The number of aromatic nitrogens is 6. The van der Waals surface area contributed by atoms with Crippen LogP contribution in [0.15, 0.2) is 41.5 Å². The van der Waals surface area contributed by atoms with Crippen molar-refractivity contribution >= 4 is 45.3 Å². The molecule has 0 saturated carbocycles. The normalized spacial score (nSPS) is 12.0. The average molecular weight is 492 g/mol. The fourth-order valence-corrected chi connectivity index (χ4v) is 4.90. The van der Waals surface area contributed by atoms with E-state index in [1.165, 1.54) is 15.9 Å². The predicted molar refractivity (Wildman–Crippen MR) is 136 cm³/mol. The Morgan fingerprint density at radius 1 is 1.20 bits per heavy atom. The monoisotopic (exact) mass is 491 g/mol. The summed E-state index contributed by atoms with van der Waals surface area (Å²) in [7, 11) is 1.69. The molecule has 5 rings (SSSR count). The first kappa shape index (κ1) is 22.9. The number of thiazole rings is 1. The minimum atomic E-state index is -0.906. The van der Waals surface area contributed by atoms with Gasteiger partial charge in [0.25, 0.3) is 5.91 Å². The Morgan fingerprint density at radius 3 is 2.66 bits per heavy atom. The Kier molecular flexibility index (Phi) is 5.53. The molecular weight excluding hydrogens is 466 g/mol. The number of nitrogens with zero attached hydrogens (tertiary/aromatic N) is 5. The number of anilines is 1. The molecule has 180 valence electrons. The number of carbonyl (C=O) groups is 1. The van der Waals surface area contributed by atoms with E-state index in [-0.39, 0.29) is 11.6 Å². The Hall–Kier alpha value is -3.83. The Bertz CT molecular complexity index is 1620. The van der Waals surface area contributed by atoms with E-state index in [2.05, 4.69) is 25.3 Å². The van der Waals surface area contributed by atoms with Crippen LogP contribution in [0, 0.1) is 6.92 Å². The number of aromatic amines is 1. The number of hydrogen-bond acceptors (Lipinski definition) is 7. The fraction of sp³-hybridized carbons (Fsp3) is 0.292. The lowest BCUT2D eigenvalue weighted by Crippen LogP contribution is -2.22. The van der Waals surface area contributed by atoms with Gasteiger partial charge >= 0.3 is 5.69 Å². The zero-order valence-electron chi connectivity index (χ0n) is 19.8. The van der Waals surface area contributed by atoms with Crippen molar-refractivity contribution in [2.24, 2.45) is 7.05 Å². The van der Waals surface area contributed by atoms with Gasteiger partial charge in [0, 0.05) is 31.5 Å². The molecule has 0 spiro atoms. The first-order valence-corrected chi connectivity index (χ1v) is 11.9. The molecule has 0 radical (unpaired) electrons. The topological polar surface area (TPSA) is 131 Å². The highest BCUT2D eigenvalue weighted by molar-refractivity contribution is 7.17. The first-order valence-electron chi connectivity index (χ1n) is 11.1. The van der Waals surface area contributed by atoms with Crippen LogP contribution in [-0.2, 0) is 13.6 Å². The van der Waals surface area contributed by atoms with Gasteiger partial charge in [-0.3, -0.25) is 19.7 Å². The van der Waals surface area contributed by atoms with Gasteiger partial charge in [0.1, 0.15) is 9.88 Å². The van der Waals surface area contributed by atoms with Crippen LogP contribution in [0.2, 0.25) is 0 Å². The number of rotatable bonds is 6. The maximum Gasteiger partial charge on any atom is 0.326 e. The van der Waals surface area contributed by atoms with Crippen LogP contribution < -0.4 is 11.0 Å². The van der Waals surface area contributed by atoms with Crippen molar-refractivity contribution in [1.82, 2.24) is 29.1 Å². The largest absolute Gasteiger partial charge is 0.390 e. The molecule has 4 aromatic heterocycles. The lowest BCUT2D eigenvalue weighted by molar-refractivity contribution is 0.0667. The first-order chi connectivity index (χ1) is 16.6. The van der Waals surface area contributed by atoms with E-state index in [0.717, 1.165) is 21.6 Å². The quantitative estimate of drug-likeness (QED) is 0.333. The summed E-state index contributed by atoms with van der Waals surface area (Å²) < 4.78 is 3.39. The van der Waals surface area contributed by atoms with E-state index in [0.29, 0.717) is 40.5 Å². The minimum absolute atomic E-state index is 0.213. The van der Waals surface area contributed by atoms with E-state index in [1.54, 1.807) is 46.3 Å². The molecule has 0 aliphatic carbocycles. The van der Waals surface area contributed by atoms with Gasteiger partial charge < -0.3 is 14.7 Å². The SMILES string of the molecule is Cc1nc(-c2ccncc2)sc1C(=O)Nc1nc2cc3[nH]c(=O)n(C)c3cc2n1CCC(C)(C)O. The van der Waals surface area contributed by atoms with E-state index in [9.17, 15) is 14.7 Å². The lowest BCUT2D eigenvalue weighted by Gasteiger charge is -2.18. The van der Waals surface area contributed by atoms with Crippen LogP contribution in [0.1, 0.15) is 35.6 Å². The minimum Gasteiger partial charge on any atom is -0.390 e. The van der Waals surface area contributed by atoms with Gasteiger partial charge in [0.05, 0.1) is 33.4 Å². The Balaban J connectivity index is 1.55. The summed E-state index contributed by atoms with van der Waals surface area (Å²) in [5.74, 6) is 0.0586. The molecule has 0 saturated heterocycles. The second-order valence-electron chi connectivity index (χ2n) is 9.12. The van der Waals surface area contributed by atoms with Gasteiger partial charge in [-0.05, 0) is 51.5 Å². The third-order valence-corrected chi connectivity index (χ3v) is 7.08. The predicted octanol–water partition coefficient (Wildman–Crippen LogP) is 3.46. The summed E-state index contributed by atoms with van der Waals surface area (Å²) in [6, 6.07) is 7.37. The Morgan fingerprint density at radius 2 is 1.94 bits per heavy atom. The molecule has 0 aliphatic rings. The van der Waals surface area contributed by atoms with Crippen molar-refractivity contribution in [3.63, 3.8) is 0 Å². The van der Waals surface area contributed by atoms with Gasteiger partial charge in [-0.15, -0.1) is 11.3 Å². The van der Waals surface area contributed by atoms with Crippen LogP contribution >= 0.6 is 11.3 Å². The van der Waals surface area contributed by atoms with Gasteiger partial charge in [-0.25, -0.2) is 14.8 Å². The smallest absolute Gasteiger partial charge is 0.326 e. The maximum absolute atomic E-state index is 13.3. The molecule has 11 heteroatoms. The molecule has 35 heavy (non-hydrogen) atoms. The van der Waals surface area contributed by atoms with Gasteiger partial charge in [-0.1, -0.05) is 0 Å². The summed E-state index contributed by atoms with van der Waals surface area (Å²) in [4.78, 5) is 41.9. The van der Waals surface area contributed by atoms with E-state index in [4.69, 9.17) is 0 Å². The maximum atomic E-state index is 13.3. The number of imidazole rings is 2. The average Bonchev–Trinajstić information content (AvgIpc) is 3.44. The van der Waals surface area contributed by atoms with E-state index < -0.39 is 5.60 Å². The van der Waals surface area contributed by atoms with Crippen LogP contribution in [0.4, 0.5) is 5.95 Å². The highest BCUT2D eigenvalue weighted by atomic mass is 32.1. The molecule has 3 N–H and O–H groups in total. The number of pyridine rings is 1. The summed E-state index contributed by atoms with van der Waals surface area (Å²) in [6.45, 7) is 5.69. The van der Waals surface area contributed by atoms with Crippen molar-refractivity contribution in [2.75, 3.05) is 5.32 Å². The number of aryl methyl sites for hydroxylation is 3. The van der Waals surface area contributed by atoms with Crippen LogP contribution in [0.25, 0.3) is 32.6 Å². The second kappa shape index (κ2) is 8.43. The molecule has 0 unspecified atom stereocenters. The number of carbonyl (C=O) groups excluding carboxylic acids is 1. The zero-order chi connectivity index (χ0) is 24.9. The van der Waals surface area contributed by atoms with Crippen molar-refractivity contribution in [3.05, 3.63) is 57.7 Å². The third-order valence-electron chi connectivity index (χ3n) is 5.88. The van der Waals surface area contributed by atoms with E-state index >= 15 is 0 Å². The number of benzene rings is 1. The highest BCUT2D eigenvalue weighted by Gasteiger charge is 2.22. The summed E-state index contributed by atoms with van der Waals surface area (Å²) >= 11 is 1.31. The summed E-state index contributed by atoms with van der Waals surface area (Å²) in [5.41, 5.74) is 3.17. The number of aliphatic hydroxyl groups is 1. The number of H-pyrrole nitrogens is 1. The van der Waals surface area contributed by atoms with Crippen LogP contribution in [0.5, 0.6) is 0 Å².